The third-order valence-corrected chi connectivity index (χ3v) is 6.35. The Labute approximate surface area is 182 Å². The molecular formula is C24H30N6O. The molecule has 1 aromatic carbocycles. The molecule has 2 heterocycles. The predicted octanol–water partition coefficient (Wildman–Crippen LogP) is 3.90. The number of aliphatic imine (C=N–C) groups is 2. The number of aromatic nitrogens is 3. The first-order valence-electron chi connectivity index (χ1n) is 10.9. The molecule has 7 heteroatoms. The smallest absolute Gasteiger partial charge is 0.259 e. The summed E-state index contributed by atoms with van der Waals surface area (Å²) < 4.78 is 3.81. The monoisotopic (exact) mass is 418 g/mol. The average molecular weight is 419 g/mol. The van der Waals surface area contributed by atoms with Crippen LogP contribution in [0.3, 0.4) is 0 Å². The van der Waals surface area contributed by atoms with Crippen LogP contribution >= 0.6 is 0 Å². The molecule has 7 nitrogen and oxygen atoms in total. The molecule has 0 amide bonds. The number of benzene rings is 1. The van der Waals surface area contributed by atoms with Crippen LogP contribution < -0.4 is 11.3 Å². The van der Waals surface area contributed by atoms with Crippen LogP contribution in [0.4, 0.5) is 5.82 Å². The molecule has 2 aromatic heterocycles. The summed E-state index contributed by atoms with van der Waals surface area (Å²) in [6.07, 6.45) is 5.05. The molecule has 0 spiro atoms. The average Bonchev–Trinajstić information content (AvgIpc) is 3.41. The lowest BCUT2D eigenvalue weighted by Gasteiger charge is -2.21. The van der Waals surface area contributed by atoms with Crippen molar-refractivity contribution < 1.29 is 0 Å². The number of pyridine rings is 1. The first-order chi connectivity index (χ1) is 15.0. The van der Waals surface area contributed by atoms with Crippen LogP contribution in [0.1, 0.15) is 61.2 Å². The topological polar surface area (TPSA) is 90.6 Å². The van der Waals surface area contributed by atoms with E-state index in [4.69, 9.17) is 10.8 Å². The SMILES string of the molecule is C=Nc1c(C(N)=NC)c(CC)nn1Cc1cc2cccc(C)c2c(=O)n1C1CCCC1. The highest BCUT2D eigenvalue weighted by molar-refractivity contribution is 6.02. The molecule has 1 fully saturated rings. The molecule has 31 heavy (non-hydrogen) atoms. The third-order valence-electron chi connectivity index (χ3n) is 6.35. The van der Waals surface area contributed by atoms with Crippen LogP contribution in [0, 0.1) is 6.92 Å². The Hall–Kier alpha value is -3.22. The number of nitrogens with zero attached hydrogens (tertiary/aromatic N) is 5. The van der Waals surface area contributed by atoms with E-state index in [0.717, 1.165) is 59.0 Å². The summed E-state index contributed by atoms with van der Waals surface area (Å²) in [6.45, 7) is 8.20. The second kappa shape index (κ2) is 8.49. The minimum atomic E-state index is 0.0864. The van der Waals surface area contributed by atoms with Gasteiger partial charge in [0.05, 0.1) is 23.2 Å². The highest BCUT2D eigenvalue weighted by atomic mass is 16.1. The molecule has 4 rings (SSSR count). The highest BCUT2D eigenvalue weighted by Crippen LogP contribution is 2.32. The quantitative estimate of drug-likeness (QED) is 0.486. The van der Waals surface area contributed by atoms with Crippen molar-refractivity contribution >= 4 is 29.1 Å². The first-order valence-corrected chi connectivity index (χ1v) is 10.9. The Bertz CT molecular complexity index is 1230. The molecule has 3 aromatic rings. The van der Waals surface area contributed by atoms with Crippen LogP contribution in [0.25, 0.3) is 10.8 Å². The Balaban J connectivity index is 1.93. The predicted molar refractivity (Wildman–Crippen MR) is 127 cm³/mol. The summed E-state index contributed by atoms with van der Waals surface area (Å²) in [7, 11) is 1.66. The number of fused-ring (bicyclic) bond motifs is 1. The molecule has 0 bridgehead atoms. The fraction of sp³-hybridized carbons (Fsp3) is 0.417. The van der Waals surface area contributed by atoms with Crippen molar-refractivity contribution in [2.24, 2.45) is 15.7 Å². The lowest BCUT2D eigenvalue weighted by molar-refractivity contribution is 0.474. The van der Waals surface area contributed by atoms with E-state index in [9.17, 15) is 4.79 Å². The normalized spacial score (nSPS) is 15.1. The molecule has 1 saturated carbocycles. The molecule has 0 saturated heterocycles. The Morgan fingerprint density at radius 2 is 2.06 bits per heavy atom. The summed E-state index contributed by atoms with van der Waals surface area (Å²) in [5, 5.41) is 6.53. The van der Waals surface area contributed by atoms with Gasteiger partial charge in [0.25, 0.3) is 5.56 Å². The maximum atomic E-state index is 13.6. The van der Waals surface area contributed by atoms with Crippen LogP contribution in [-0.2, 0) is 13.0 Å². The number of rotatable bonds is 6. The number of aryl methyl sites for hydroxylation is 2. The minimum Gasteiger partial charge on any atom is -0.383 e. The highest BCUT2D eigenvalue weighted by Gasteiger charge is 2.24. The molecular weight excluding hydrogens is 388 g/mol. The van der Waals surface area contributed by atoms with Gasteiger partial charge in [0, 0.05) is 18.8 Å². The van der Waals surface area contributed by atoms with Gasteiger partial charge < -0.3 is 10.3 Å². The number of amidine groups is 1. The van der Waals surface area contributed by atoms with Crippen molar-refractivity contribution in [3.05, 3.63) is 57.1 Å². The van der Waals surface area contributed by atoms with Crippen molar-refractivity contribution in [1.82, 2.24) is 14.3 Å². The lowest BCUT2D eigenvalue weighted by Crippen LogP contribution is -2.28. The second-order valence-electron chi connectivity index (χ2n) is 8.21. The van der Waals surface area contributed by atoms with Crippen molar-refractivity contribution in [2.45, 2.75) is 58.5 Å². The van der Waals surface area contributed by atoms with Gasteiger partial charge in [0.1, 0.15) is 5.84 Å². The fourth-order valence-corrected chi connectivity index (χ4v) is 4.83. The lowest BCUT2D eigenvalue weighted by atomic mass is 10.0. The summed E-state index contributed by atoms with van der Waals surface area (Å²) in [4.78, 5) is 22.0. The van der Waals surface area contributed by atoms with Crippen LogP contribution in [-0.4, -0.2) is 33.9 Å². The molecule has 0 radical (unpaired) electrons. The number of nitrogens with two attached hydrogens (primary N) is 1. The zero-order valence-corrected chi connectivity index (χ0v) is 18.6. The van der Waals surface area contributed by atoms with Crippen LogP contribution in [0.2, 0.25) is 0 Å². The van der Waals surface area contributed by atoms with E-state index in [1.807, 2.05) is 36.6 Å². The molecule has 1 aliphatic carbocycles. The van der Waals surface area contributed by atoms with Crippen molar-refractivity contribution in [3.8, 4) is 0 Å². The molecule has 1 aliphatic rings. The Kier molecular flexibility index (Phi) is 5.76. The maximum Gasteiger partial charge on any atom is 0.259 e. The van der Waals surface area contributed by atoms with E-state index in [2.05, 4.69) is 22.8 Å². The summed E-state index contributed by atoms with van der Waals surface area (Å²) in [5.74, 6) is 0.988. The van der Waals surface area contributed by atoms with Gasteiger partial charge in [-0.1, -0.05) is 38.0 Å². The minimum absolute atomic E-state index is 0.0864. The first kappa shape index (κ1) is 21.0. The van der Waals surface area contributed by atoms with Crippen molar-refractivity contribution in [1.29, 1.82) is 0 Å². The zero-order valence-electron chi connectivity index (χ0n) is 18.6. The second-order valence-corrected chi connectivity index (χ2v) is 8.21. The van der Waals surface area contributed by atoms with E-state index < -0.39 is 0 Å². The van der Waals surface area contributed by atoms with E-state index in [0.29, 0.717) is 24.6 Å². The largest absolute Gasteiger partial charge is 0.383 e. The van der Waals surface area contributed by atoms with E-state index >= 15 is 0 Å². The van der Waals surface area contributed by atoms with E-state index in [1.54, 1.807) is 11.7 Å². The third kappa shape index (κ3) is 3.58. The zero-order chi connectivity index (χ0) is 22.1. The maximum absolute atomic E-state index is 13.6. The number of hydrogen-bond acceptors (Lipinski definition) is 4. The molecule has 0 aliphatic heterocycles. The molecule has 162 valence electrons. The van der Waals surface area contributed by atoms with Gasteiger partial charge in [-0.15, -0.1) is 0 Å². The Morgan fingerprint density at radius 1 is 1.32 bits per heavy atom. The van der Waals surface area contributed by atoms with Crippen LogP contribution in [0.5, 0.6) is 0 Å². The standard InChI is InChI=1S/C24H30N6O/c1-5-19-21(22(25)26-3)23(27-4)29(28-19)14-18-13-16-10-8-9-15(2)20(16)24(31)30(18)17-11-6-7-12-17/h8-10,13,17H,4-7,11-12,14H2,1-3H3,(H2,25,26). The summed E-state index contributed by atoms with van der Waals surface area (Å²) in [6, 6.07) is 8.35. The fourth-order valence-electron chi connectivity index (χ4n) is 4.83. The molecule has 0 atom stereocenters. The summed E-state index contributed by atoms with van der Waals surface area (Å²) in [5.41, 5.74) is 9.74. The van der Waals surface area contributed by atoms with Gasteiger partial charge in [0.2, 0.25) is 0 Å². The van der Waals surface area contributed by atoms with Gasteiger partial charge in [0.15, 0.2) is 5.82 Å². The van der Waals surface area contributed by atoms with Gasteiger partial charge in [-0.05, 0) is 49.9 Å². The van der Waals surface area contributed by atoms with Gasteiger partial charge in [-0.3, -0.25) is 9.79 Å². The van der Waals surface area contributed by atoms with Gasteiger partial charge in [-0.2, -0.15) is 5.10 Å². The molecule has 0 unspecified atom stereocenters. The molecule has 2 N–H and O–H groups in total. The van der Waals surface area contributed by atoms with E-state index in [1.165, 1.54) is 0 Å². The summed E-state index contributed by atoms with van der Waals surface area (Å²) >= 11 is 0. The van der Waals surface area contributed by atoms with Crippen molar-refractivity contribution in [2.75, 3.05) is 7.05 Å². The van der Waals surface area contributed by atoms with E-state index in [-0.39, 0.29) is 11.6 Å². The van der Waals surface area contributed by atoms with Gasteiger partial charge in [-0.25, -0.2) is 9.67 Å². The van der Waals surface area contributed by atoms with Crippen molar-refractivity contribution in [3.63, 3.8) is 0 Å². The number of hydrogen-bond donors (Lipinski definition) is 1. The van der Waals surface area contributed by atoms with Gasteiger partial charge >= 0.3 is 0 Å². The Morgan fingerprint density at radius 3 is 2.71 bits per heavy atom. The van der Waals surface area contributed by atoms with Crippen LogP contribution in [0.15, 0.2) is 39.0 Å².